The molecule has 0 radical (unpaired) electrons. The summed E-state index contributed by atoms with van der Waals surface area (Å²) in [4.78, 5) is 11.1. The molecule has 0 fully saturated rings. The van der Waals surface area contributed by atoms with Crippen molar-refractivity contribution in [3.8, 4) is 0 Å². The highest BCUT2D eigenvalue weighted by atomic mass is 16.3. The number of nitrogens with two attached hydrogens (primary N) is 2. The molecule has 0 saturated heterocycles. The van der Waals surface area contributed by atoms with E-state index in [4.69, 9.17) is 16.6 Å². The number of nitrogens with one attached hydrogen (secondary N) is 1. The van der Waals surface area contributed by atoms with Crippen molar-refractivity contribution < 1.29 is 9.90 Å². The maximum atomic E-state index is 11.1. The maximum Gasteiger partial charge on any atom is 0.236 e. The Bertz CT molecular complexity index is 141. The summed E-state index contributed by atoms with van der Waals surface area (Å²) < 4.78 is 0. The first-order valence-corrected chi connectivity index (χ1v) is 4.56. The van der Waals surface area contributed by atoms with Gasteiger partial charge in [-0.05, 0) is 19.4 Å². The SMILES string of the molecule is NCCCCC(N)C(=O)NCCO. The molecule has 0 heterocycles. The van der Waals surface area contributed by atoms with Gasteiger partial charge in [0.05, 0.1) is 12.6 Å². The molecule has 1 amide bonds. The first-order chi connectivity index (χ1) is 6.22. The van der Waals surface area contributed by atoms with E-state index >= 15 is 0 Å². The molecule has 0 aliphatic carbocycles. The zero-order chi connectivity index (χ0) is 10.1. The Hall–Kier alpha value is -0.650. The van der Waals surface area contributed by atoms with Crippen LogP contribution in [0, 0.1) is 0 Å². The van der Waals surface area contributed by atoms with Crippen LogP contribution in [0.25, 0.3) is 0 Å². The fourth-order valence-corrected chi connectivity index (χ4v) is 0.950. The Labute approximate surface area is 78.5 Å². The number of aliphatic hydroxyl groups is 1. The summed E-state index contributed by atoms with van der Waals surface area (Å²) in [6.07, 6.45) is 2.40. The monoisotopic (exact) mass is 189 g/mol. The topological polar surface area (TPSA) is 101 Å². The van der Waals surface area contributed by atoms with Crippen LogP contribution in [0.15, 0.2) is 0 Å². The van der Waals surface area contributed by atoms with E-state index in [1.165, 1.54) is 0 Å². The largest absolute Gasteiger partial charge is 0.395 e. The van der Waals surface area contributed by atoms with Crippen molar-refractivity contribution in [2.75, 3.05) is 19.7 Å². The molecule has 0 saturated carbocycles. The Kier molecular flexibility index (Phi) is 7.57. The average Bonchev–Trinajstić information content (AvgIpc) is 2.14. The Morgan fingerprint density at radius 3 is 2.69 bits per heavy atom. The molecular formula is C8H19N3O2. The molecule has 0 aliphatic rings. The van der Waals surface area contributed by atoms with E-state index in [2.05, 4.69) is 5.32 Å². The van der Waals surface area contributed by atoms with E-state index in [1.807, 2.05) is 0 Å². The van der Waals surface area contributed by atoms with Crippen molar-refractivity contribution in [2.24, 2.45) is 11.5 Å². The predicted octanol–water partition coefficient (Wildman–Crippen LogP) is -1.45. The smallest absolute Gasteiger partial charge is 0.236 e. The zero-order valence-corrected chi connectivity index (χ0v) is 7.83. The van der Waals surface area contributed by atoms with Crippen LogP contribution >= 0.6 is 0 Å². The second kappa shape index (κ2) is 7.97. The molecule has 1 unspecified atom stereocenters. The summed E-state index contributed by atoms with van der Waals surface area (Å²) in [5.41, 5.74) is 10.9. The van der Waals surface area contributed by atoms with Crippen LogP contribution in [-0.2, 0) is 4.79 Å². The van der Waals surface area contributed by atoms with Crippen molar-refractivity contribution >= 4 is 5.91 Å². The van der Waals surface area contributed by atoms with Gasteiger partial charge in [-0.25, -0.2) is 0 Å². The van der Waals surface area contributed by atoms with E-state index < -0.39 is 6.04 Å². The molecule has 6 N–H and O–H groups in total. The van der Waals surface area contributed by atoms with Crippen LogP contribution in [0.4, 0.5) is 0 Å². The third kappa shape index (κ3) is 6.51. The number of hydrogen-bond donors (Lipinski definition) is 4. The fourth-order valence-electron chi connectivity index (χ4n) is 0.950. The van der Waals surface area contributed by atoms with Gasteiger partial charge in [0.2, 0.25) is 5.91 Å². The number of carbonyl (C=O) groups is 1. The fraction of sp³-hybridized carbons (Fsp3) is 0.875. The first kappa shape index (κ1) is 12.3. The third-order valence-corrected chi connectivity index (χ3v) is 1.72. The molecular weight excluding hydrogens is 170 g/mol. The van der Waals surface area contributed by atoms with E-state index in [0.29, 0.717) is 13.0 Å². The van der Waals surface area contributed by atoms with Crippen molar-refractivity contribution in [3.63, 3.8) is 0 Å². The lowest BCUT2D eigenvalue weighted by Crippen LogP contribution is -2.41. The molecule has 78 valence electrons. The van der Waals surface area contributed by atoms with Gasteiger partial charge in [0.15, 0.2) is 0 Å². The van der Waals surface area contributed by atoms with Gasteiger partial charge in [-0.1, -0.05) is 6.42 Å². The molecule has 0 aromatic rings. The minimum Gasteiger partial charge on any atom is -0.395 e. The van der Waals surface area contributed by atoms with Gasteiger partial charge < -0.3 is 21.9 Å². The highest BCUT2D eigenvalue weighted by Gasteiger charge is 2.11. The summed E-state index contributed by atoms with van der Waals surface area (Å²) >= 11 is 0. The molecule has 0 spiro atoms. The van der Waals surface area contributed by atoms with Crippen LogP contribution in [0.5, 0.6) is 0 Å². The van der Waals surface area contributed by atoms with Gasteiger partial charge >= 0.3 is 0 Å². The molecule has 0 rings (SSSR count). The second-order valence-electron chi connectivity index (χ2n) is 2.91. The lowest BCUT2D eigenvalue weighted by molar-refractivity contribution is -0.122. The number of unbranched alkanes of at least 4 members (excludes halogenated alkanes) is 1. The quantitative estimate of drug-likeness (QED) is 0.368. The lowest BCUT2D eigenvalue weighted by atomic mass is 10.1. The lowest BCUT2D eigenvalue weighted by Gasteiger charge is -2.10. The highest BCUT2D eigenvalue weighted by molar-refractivity contribution is 5.81. The van der Waals surface area contributed by atoms with Gasteiger partial charge in [0.25, 0.3) is 0 Å². The molecule has 0 bridgehead atoms. The van der Waals surface area contributed by atoms with Crippen LogP contribution < -0.4 is 16.8 Å². The molecule has 0 aromatic heterocycles. The molecule has 5 heteroatoms. The maximum absolute atomic E-state index is 11.1. The Morgan fingerprint density at radius 2 is 2.15 bits per heavy atom. The van der Waals surface area contributed by atoms with Gasteiger partial charge in [-0.2, -0.15) is 0 Å². The average molecular weight is 189 g/mol. The van der Waals surface area contributed by atoms with Gasteiger partial charge in [-0.15, -0.1) is 0 Å². The molecule has 0 aliphatic heterocycles. The summed E-state index contributed by atoms with van der Waals surface area (Å²) in [7, 11) is 0. The van der Waals surface area contributed by atoms with Crippen LogP contribution in [0.1, 0.15) is 19.3 Å². The van der Waals surface area contributed by atoms with E-state index in [1.54, 1.807) is 0 Å². The Balaban J connectivity index is 3.45. The standard InChI is InChI=1S/C8H19N3O2/c9-4-2-1-3-7(10)8(13)11-5-6-12/h7,12H,1-6,9-10H2,(H,11,13). The van der Waals surface area contributed by atoms with Crippen molar-refractivity contribution in [1.29, 1.82) is 0 Å². The number of amides is 1. The summed E-state index contributed by atoms with van der Waals surface area (Å²) in [6, 6.07) is -0.474. The van der Waals surface area contributed by atoms with Crippen LogP contribution in [-0.4, -0.2) is 36.8 Å². The van der Waals surface area contributed by atoms with Crippen LogP contribution in [0.3, 0.4) is 0 Å². The van der Waals surface area contributed by atoms with Crippen molar-refractivity contribution in [1.82, 2.24) is 5.32 Å². The van der Waals surface area contributed by atoms with E-state index in [0.717, 1.165) is 12.8 Å². The minimum atomic E-state index is -0.474. The number of rotatable bonds is 7. The minimum absolute atomic E-state index is 0.0543. The number of aliphatic hydroxyl groups excluding tert-OH is 1. The third-order valence-electron chi connectivity index (χ3n) is 1.72. The highest BCUT2D eigenvalue weighted by Crippen LogP contribution is 1.97. The van der Waals surface area contributed by atoms with Gasteiger partial charge in [0, 0.05) is 6.54 Å². The molecule has 13 heavy (non-hydrogen) atoms. The molecule has 0 aromatic carbocycles. The predicted molar refractivity (Wildman–Crippen MR) is 51.0 cm³/mol. The first-order valence-electron chi connectivity index (χ1n) is 4.56. The Morgan fingerprint density at radius 1 is 1.46 bits per heavy atom. The van der Waals surface area contributed by atoms with Crippen LogP contribution in [0.2, 0.25) is 0 Å². The van der Waals surface area contributed by atoms with Crippen molar-refractivity contribution in [3.05, 3.63) is 0 Å². The summed E-state index contributed by atoms with van der Waals surface area (Å²) in [5, 5.41) is 11.0. The molecule has 5 nitrogen and oxygen atoms in total. The summed E-state index contributed by atoms with van der Waals surface area (Å²) in [5.74, 6) is -0.203. The number of hydrogen-bond acceptors (Lipinski definition) is 4. The van der Waals surface area contributed by atoms with Crippen molar-refractivity contribution in [2.45, 2.75) is 25.3 Å². The summed E-state index contributed by atoms with van der Waals surface area (Å²) in [6.45, 7) is 0.843. The second-order valence-corrected chi connectivity index (χ2v) is 2.91. The zero-order valence-electron chi connectivity index (χ0n) is 7.83. The van der Waals surface area contributed by atoms with Gasteiger partial charge in [-0.3, -0.25) is 4.79 Å². The molecule has 1 atom stereocenters. The normalized spacial score (nSPS) is 12.5. The van der Waals surface area contributed by atoms with Gasteiger partial charge in [0.1, 0.15) is 0 Å². The number of carbonyl (C=O) groups excluding carboxylic acids is 1. The van der Waals surface area contributed by atoms with E-state index in [-0.39, 0.29) is 19.1 Å². The van der Waals surface area contributed by atoms with E-state index in [9.17, 15) is 4.79 Å².